The normalized spacial score (nSPS) is 11.4. The van der Waals surface area contributed by atoms with Crippen LogP contribution in [-0.4, -0.2) is 6.29 Å². The van der Waals surface area contributed by atoms with Crippen LogP contribution in [0.1, 0.15) is 22.8 Å². The van der Waals surface area contributed by atoms with Gasteiger partial charge < -0.3 is 0 Å². The number of benzene rings is 1. The summed E-state index contributed by atoms with van der Waals surface area (Å²) in [7, 11) is 0. The van der Waals surface area contributed by atoms with Crippen LogP contribution in [0.25, 0.3) is 0 Å². The van der Waals surface area contributed by atoms with Gasteiger partial charge in [-0.1, -0.05) is 0 Å². The van der Waals surface area contributed by atoms with Crippen LogP contribution in [-0.2, 0) is 5.92 Å². The van der Waals surface area contributed by atoms with E-state index < -0.39 is 17.3 Å². The van der Waals surface area contributed by atoms with Gasteiger partial charge in [-0.2, -0.15) is 0 Å². The van der Waals surface area contributed by atoms with Gasteiger partial charge in [-0.05, 0) is 18.2 Å². The third-order valence-corrected chi connectivity index (χ3v) is 1.61. The Morgan fingerprint density at radius 1 is 1.38 bits per heavy atom. The quantitative estimate of drug-likeness (QED) is 0.652. The molecule has 1 rings (SSSR count). The van der Waals surface area contributed by atoms with Crippen molar-refractivity contribution in [3.8, 4) is 0 Å². The lowest BCUT2D eigenvalue weighted by molar-refractivity contribution is 0.0167. The van der Waals surface area contributed by atoms with Crippen LogP contribution in [0.5, 0.6) is 0 Å². The summed E-state index contributed by atoms with van der Waals surface area (Å²) < 4.78 is 38.0. The highest BCUT2D eigenvalue weighted by Crippen LogP contribution is 2.29. The standard InChI is InChI=1S/C9H7F3O/c1-9(11,12)8-3-2-7(10)4-6(8)5-13/h2-5H,1H3. The van der Waals surface area contributed by atoms with E-state index in [9.17, 15) is 18.0 Å². The van der Waals surface area contributed by atoms with E-state index in [1.807, 2.05) is 0 Å². The minimum absolute atomic E-state index is 0.218. The van der Waals surface area contributed by atoms with Crippen molar-refractivity contribution in [2.24, 2.45) is 0 Å². The van der Waals surface area contributed by atoms with Crippen molar-refractivity contribution >= 4 is 6.29 Å². The molecule has 0 heterocycles. The van der Waals surface area contributed by atoms with Crippen LogP contribution in [0.2, 0.25) is 0 Å². The maximum Gasteiger partial charge on any atom is 0.271 e. The van der Waals surface area contributed by atoms with E-state index in [0.29, 0.717) is 6.92 Å². The Kier molecular flexibility index (Phi) is 2.40. The smallest absolute Gasteiger partial charge is 0.271 e. The zero-order chi connectivity index (χ0) is 10.1. The number of hydrogen-bond acceptors (Lipinski definition) is 1. The van der Waals surface area contributed by atoms with Crippen LogP contribution in [0.15, 0.2) is 18.2 Å². The molecule has 0 aliphatic rings. The Labute approximate surface area is 73.2 Å². The molecule has 0 bridgehead atoms. The number of rotatable bonds is 2. The second kappa shape index (κ2) is 3.20. The number of aldehydes is 1. The fourth-order valence-electron chi connectivity index (χ4n) is 1.03. The molecule has 0 aliphatic heterocycles. The topological polar surface area (TPSA) is 17.1 Å². The van der Waals surface area contributed by atoms with Crippen LogP contribution in [0, 0.1) is 5.82 Å². The molecule has 13 heavy (non-hydrogen) atoms. The van der Waals surface area contributed by atoms with Gasteiger partial charge in [0.25, 0.3) is 5.92 Å². The van der Waals surface area contributed by atoms with E-state index in [2.05, 4.69) is 0 Å². The molecular weight excluding hydrogens is 181 g/mol. The summed E-state index contributed by atoms with van der Waals surface area (Å²) in [6.07, 6.45) is 0.218. The van der Waals surface area contributed by atoms with Gasteiger partial charge in [0.2, 0.25) is 0 Å². The Morgan fingerprint density at radius 3 is 2.46 bits per heavy atom. The van der Waals surface area contributed by atoms with Crippen LogP contribution < -0.4 is 0 Å². The van der Waals surface area contributed by atoms with Gasteiger partial charge >= 0.3 is 0 Å². The first-order chi connectivity index (χ1) is 5.95. The maximum absolute atomic E-state index is 12.8. The zero-order valence-electron chi connectivity index (χ0n) is 6.85. The molecule has 1 aromatic rings. The average Bonchev–Trinajstić information content (AvgIpc) is 2.01. The van der Waals surface area contributed by atoms with Crippen molar-refractivity contribution in [2.75, 3.05) is 0 Å². The number of carbonyl (C=O) groups is 1. The second-order valence-corrected chi connectivity index (χ2v) is 2.74. The predicted octanol–water partition coefficient (Wildman–Crippen LogP) is 2.75. The monoisotopic (exact) mass is 188 g/mol. The summed E-state index contributed by atoms with van der Waals surface area (Å²) in [5.41, 5.74) is -0.767. The average molecular weight is 188 g/mol. The van der Waals surface area contributed by atoms with E-state index in [4.69, 9.17) is 0 Å². The third kappa shape index (κ3) is 2.08. The van der Waals surface area contributed by atoms with Gasteiger partial charge in [-0.3, -0.25) is 4.79 Å². The Balaban J connectivity index is 3.29. The van der Waals surface area contributed by atoms with E-state index in [-0.39, 0.29) is 11.8 Å². The van der Waals surface area contributed by atoms with Crippen molar-refractivity contribution in [2.45, 2.75) is 12.8 Å². The second-order valence-electron chi connectivity index (χ2n) is 2.74. The Hall–Kier alpha value is -1.32. The van der Waals surface area contributed by atoms with Crippen molar-refractivity contribution < 1.29 is 18.0 Å². The highest BCUT2D eigenvalue weighted by molar-refractivity contribution is 5.77. The van der Waals surface area contributed by atoms with Gasteiger partial charge in [0.05, 0.1) is 0 Å². The lowest BCUT2D eigenvalue weighted by Gasteiger charge is -2.12. The largest absolute Gasteiger partial charge is 0.298 e. The number of carbonyl (C=O) groups excluding carboxylic acids is 1. The minimum Gasteiger partial charge on any atom is -0.298 e. The lowest BCUT2D eigenvalue weighted by atomic mass is 10.0. The first-order valence-electron chi connectivity index (χ1n) is 3.58. The van der Waals surface area contributed by atoms with Gasteiger partial charge in [-0.15, -0.1) is 0 Å². The molecule has 1 nitrogen and oxygen atoms in total. The van der Waals surface area contributed by atoms with Gasteiger partial charge in [0.1, 0.15) is 5.82 Å². The van der Waals surface area contributed by atoms with E-state index in [0.717, 1.165) is 18.2 Å². The molecule has 70 valence electrons. The van der Waals surface area contributed by atoms with Crippen LogP contribution in [0.3, 0.4) is 0 Å². The molecule has 0 saturated heterocycles. The third-order valence-electron chi connectivity index (χ3n) is 1.61. The van der Waals surface area contributed by atoms with Gasteiger partial charge in [-0.25, -0.2) is 13.2 Å². The summed E-state index contributed by atoms with van der Waals surface area (Å²) in [6.45, 7) is 0.660. The summed E-state index contributed by atoms with van der Waals surface area (Å²) >= 11 is 0. The molecule has 1 aromatic carbocycles. The Bertz CT molecular complexity index is 328. The molecule has 0 unspecified atom stereocenters. The minimum atomic E-state index is -3.12. The molecule has 0 saturated carbocycles. The predicted molar refractivity (Wildman–Crippen MR) is 41.4 cm³/mol. The van der Waals surface area contributed by atoms with Crippen LogP contribution in [0.4, 0.5) is 13.2 Å². The highest BCUT2D eigenvalue weighted by atomic mass is 19.3. The van der Waals surface area contributed by atoms with Gasteiger partial charge in [0.15, 0.2) is 6.29 Å². The van der Waals surface area contributed by atoms with E-state index in [1.165, 1.54) is 0 Å². The van der Waals surface area contributed by atoms with Gasteiger partial charge in [0, 0.05) is 18.1 Å². The first kappa shape index (κ1) is 9.77. The molecule has 0 fully saturated rings. The molecule has 0 aliphatic carbocycles. The van der Waals surface area contributed by atoms with Crippen molar-refractivity contribution in [3.63, 3.8) is 0 Å². The summed E-state index contributed by atoms with van der Waals surface area (Å²) in [5.74, 6) is -3.82. The summed E-state index contributed by atoms with van der Waals surface area (Å²) in [4.78, 5) is 10.3. The van der Waals surface area contributed by atoms with Crippen molar-refractivity contribution in [1.29, 1.82) is 0 Å². The van der Waals surface area contributed by atoms with Crippen LogP contribution >= 0.6 is 0 Å². The fraction of sp³-hybridized carbons (Fsp3) is 0.222. The zero-order valence-corrected chi connectivity index (χ0v) is 6.85. The SMILES string of the molecule is CC(F)(F)c1ccc(F)cc1C=O. The number of alkyl halides is 2. The Morgan fingerprint density at radius 2 is 2.00 bits per heavy atom. The molecule has 0 atom stereocenters. The molecular formula is C9H7F3O. The molecule has 0 amide bonds. The molecule has 0 N–H and O–H groups in total. The van der Waals surface area contributed by atoms with Crippen molar-refractivity contribution in [3.05, 3.63) is 35.1 Å². The molecule has 0 radical (unpaired) electrons. The van der Waals surface area contributed by atoms with E-state index in [1.54, 1.807) is 0 Å². The number of hydrogen-bond donors (Lipinski definition) is 0. The molecule has 0 spiro atoms. The summed E-state index contributed by atoms with van der Waals surface area (Å²) in [5, 5.41) is 0. The fourth-order valence-corrected chi connectivity index (χ4v) is 1.03. The molecule has 4 heteroatoms. The molecule has 0 aromatic heterocycles. The highest BCUT2D eigenvalue weighted by Gasteiger charge is 2.27. The van der Waals surface area contributed by atoms with Crippen molar-refractivity contribution in [1.82, 2.24) is 0 Å². The van der Waals surface area contributed by atoms with E-state index >= 15 is 0 Å². The maximum atomic E-state index is 12.8. The first-order valence-corrected chi connectivity index (χ1v) is 3.58. The lowest BCUT2D eigenvalue weighted by Crippen LogP contribution is -2.10. The summed E-state index contributed by atoms with van der Waals surface area (Å²) in [6, 6.07) is 2.61. The number of halogens is 3.